The Labute approximate surface area is 200 Å². The molecule has 1 amide bonds. The van der Waals surface area contributed by atoms with E-state index in [2.05, 4.69) is 10.6 Å². The van der Waals surface area contributed by atoms with Crippen LogP contribution < -0.4 is 10.6 Å². The maximum Gasteiger partial charge on any atom is 0.251 e. The van der Waals surface area contributed by atoms with E-state index in [4.69, 9.17) is 4.74 Å². The van der Waals surface area contributed by atoms with Gasteiger partial charge < -0.3 is 15.4 Å². The predicted molar refractivity (Wildman–Crippen MR) is 133 cm³/mol. The van der Waals surface area contributed by atoms with Crippen LogP contribution >= 0.6 is 0 Å². The third-order valence-corrected chi connectivity index (χ3v) is 7.69. The number of sulfonamides is 1. The molecule has 0 aliphatic carbocycles. The van der Waals surface area contributed by atoms with Crippen molar-refractivity contribution in [2.75, 3.05) is 36.9 Å². The van der Waals surface area contributed by atoms with Crippen LogP contribution in [0.2, 0.25) is 0 Å². The molecule has 3 aromatic rings. The van der Waals surface area contributed by atoms with Crippen molar-refractivity contribution in [3.8, 4) is 0 Å². The third-order valence-electron chi connectivity index (χ3n) is 5.80. The summed E-state index contributed by atoms with van der Waals surface area (Å²) in [6.45, 7) is 5.33. The first kappa shape index (κ1) is 23.9. The molecule has 8 heteroatoms. The second-order valence-electron chi connectivity index (χ2n) is 8.34. The number of hydrogen-bond acceptors (Lipinski definition) is 5. The van der Waals surface area contributed by atoms with Crippen LogP contribution in [-0.2, 0) is 19.6 Å². The zero-order valence-electron chi connectivity index (χ0n) is 19.3. The van der Waals surface area contributed by atoms with Crippen LogP contribution in [0.25, 0.3) is 0 Å². The van der Waals surface area contributed by atoms with Gasteiger partial charge in [0.2, 0.25) is 10.0 Å². The van der Waals surface area contributed by atoms with Crippen LogP contribution in [0, 0.1) is 13.8 Å². The largest absolute Gasteiger partial charge is 0.379 e. The Hall–Kier alpha value is -3.20. The lowest BCUT2D eigenvalue weighted by Gasteiger charge is -2.26. The fourth-order valence-electron chi connectivity index (χ4n) is 3.87. The highest BCUT2D eigenvalue weighted by Gasteiger charge is 2.27. The van der Waals surface area contributed by atoms with Crippen LogP contribution in [0.5, 0.6) is 0 Å². The molecule has 3 aromatic carbocycles. The van der Waals surface area contributed by atoms with E-state index in [1.807, 2.05) is 62.4 Å². The highest BCUT2D eigenvalue weighted by Crippen LogP contribution is 2.26. The van der Waals surface area contributed by atoms with Gasteiger partial charge in [-0.1, -0.05) is 48.5 Å². The second kappa shape index (κ2) is 10.4. The van der Waals surface area contributed by atoms with Gasteiger partial charge in [-0.15, -0.1) is 0 Å². The average molecular weight is 480 g/mol. The molecule has 4 rings (SSSR count). The van der Waals surface area contributed by atoms with Crippen molar-refractivity contribution >= 4 is 27.3 Å². The Morgan fingerprint density at radius 1 is 0.941 bits per heavy atom. The summed E-state index contributed by atoms with van der Waals surface area (Å²) in [7, 11) is -3.65. The first-order valence-corrected chi connectivity index (χ1v) is 12.7. The SMILES string of the molecule is Cc1ccc(C)c(NC(=O)C(Nc2cccc(S(=O)(=O)N3CCOCC3)c2)c2ccccc2)c1. The Morgan fingerprint density at radius 3 is 2.41 bits per heavy atom. The van der Waals surface area contributed by atoms with Gasteiger partial charge in [-0.05, 0) is 54.8 Å². The number of ether oxygens (including phenoxy) is 1. The van der Waals surface area contributed by atoms with Crippen molar-refractivity contribution in [3.63, 3.8) is 0 Å². The van der Waals surface area contributed by atoms with Crippen molar-refractivity contribution in [2.24, 2.45) is 0 Å². The van der Waals surface area contributed by atoms with Gasteiger partial charge in [-0.3, -0.25) is 4.79 Å². The molecule has 0 saturated carbocycles. The number of benzene rings is 3. The summed E-state index contributed by atoms with van der Waals surface area (Å²) in [5, 5.41) is 6.27. The summed E-state index contributed by atoms with van der Waals surface area (Å²) in [6, 6.07) is 21.1. The van der Waals surface area contributed by atoms with Gasteiger partial charge in [-0.25, -0.2) is 8.42 Å². The molecule has 0 aromatic heterocycles. The smallest absolute Gasteiger partial charge is 0.251 e. The predicted octanol–water partition coefficient (Wildman–Crippen LogP) is 4.12. The van der Waals surface area contributed by atoms with Crippen molar-refractivity contribution in [1.82, 2.24) is 4.31 Å². The molecule has 1 atom stereocenters. The first-order valence-electron chi connectivity index (χ1n) is 11.2. The topological polar surface area (TPSA) is 87.7 Å². The quantitative estimate of drug-likeness (QED) is 0.532. The molecule has 0 spiro atoms. The van der Waals surface area contributed by atoms with Crippen LogP contribution in [0.3, 0.4) is 0 Å². The summed E-state index contributed by atoms with van der Waals surface area (Å²) < 4.78 is 32.9. The van der Waals surface area contributed by atoms with E-state index >= 15 is 0 Å². The van der Waals surface area contributed by atoms with Gasteiger partial charge in [0, 0.05) is 24.5 Å². The highest BCUT2D eigenvalue weighted by atomic mass is 32.2. The van der Waals surface area contributed by atoms with Gasteiger partial charge in [0.15, 0.2) is 0 Å². The maximum atomic E-state index is 13.4. The van der Waals surface area contributed by atoms with Crippen LogP contribution in [0.15, 0.2) is 77.7 Å². The molecule has 7 nitrogen and oxygen atoms in total. The molecule has 1 heterocycles. The van der Waals surface area contributed by atoms with Crippen molar-refractivity contribution in [1.29, 1.82) is 0 Å². The lowest BCUT2D eigenvalue weighted by atomic mass is 10.0. The molecule has 1 fully saturated rings. The normalized spacial score (nSPS) is 15.5. The van der Waals surface area contributed by atoms with Crippen LogP contribution in [0.1, 0.15) is 22.7 Å². The van der Waals surface area contributed by atoms with Crippen molar-refractivity contribution < 1.29 is 17.9 Å². The number of amides is 1. The number of nitrogens with zero attached hydrogens (tertiary/aromatic N) is 1. The number of rotatable bonds is 7. The number of anilines is 2. The molecular weight excluding hydrogens is 450 g/mol. The Kier molecular flexibility index (Phi) is 7.31. The van der Waals surface area contributed by atoms with E-state index in [-0.39, 0.29) is 10.8 Å². The number of nitrogens with one attached hydrogen (secondary N) is 2. The molecule has 178 valence electrons. The molecule has 0 bridgehead atoms. The minimum absolute atomic E-state index is 0.182. The molecule has 1 unspecified atom stereocenters. The van der Waals surface area contributed by atoms with Gasteiger partial charge >= 0.3 is 0 Å². The van der Waals surface area contributed by atoms with Gasteiger partial charge in [0.05, 0.1) is 18.1 Å². The third kappa shape index (κ3) is 5.47. The van der Waals surface area contributed by atoms with E-state index in [1.165, 1.54) is 4.31 Å². The summed E-state index contributed by atoms with van der Waals surface area (Å²) in [6.07, 6.45) is 0. The van der Waals surface area contributed by atoms with E-state index in [1.54, 1.807) is 24.3 Å². The molecular formula is C26H29N3O4S. The fourth-order valence-corrected chi connectivity index (χ4v) is 5.32. The highest BCUT2D eigenvalue weighted by molar-refractivity contribution is 7.89. The maximum absolute atomic E-state index is 13.4. The lowest BCUT2D eigenvalue weighted by molar-refractivity contribution is -0.117. The average Bonchev–Trinajstić information content (AvgIpc) is 2.86. The number of carbonyl (C=O) groups excluding carboxylic acids is 1. The number of morpholine rings is 1. The zero-order valence-corrected chi connectivity index (χ0v) is 20.1. The molecule has 2 N–H and O–H groups in total. The van der Waals surface area contributed by atoms with E-state index < -0.39 is 16.1 Å². The summed E-state index contributed by atoms with van der Waals surface area (Å²) >= 11 is 0. The first-order chi connectivity index (χ1) is 16.3. The van der Waals surface area contributed by atoms with E-state index in [0.717, 1.165) is 22.4 Å². The molecule has 1 aliphatic heterocycles. The van der Waals surface area contributed by atoms with Gasteiger partial charge in [0.25, 0.3) is 5.91 Å². The molecule has 1 saturated heterocycles. The van der Waals surface area contributed by atoms with Crippen LogP contribution in [0.4, 0.5) is 11.4 Å². The minimum Gasteiger partial charge on any atom is -0.379 e. The number of aryl methyl sites for hydroxylation is 2. The minimum atomic E-state index is -3.65. The Balaban J connectivity index is 1.62. The fraction of sp³-hybridized carbons (Fsp3) is 0.269. The van der Waals surface area contributed by atoms with Crippen molar-refractivity contribution in [3.05, 3.63) is 89.5 Å². The number of hydrogen-bond donors (Lipinski definition) is 2. The molecule has 0 radical (unpaired) electrons. The van der Waals surface area contributed by atoms with E-state index in [0.29, 0.717) is 32.0 Å². The monoisotopic (exact) mass is 479 g/mol. The number of carbonyl (C=O) groups is 1. The van der Waals surface area contributed by atoms with Crippen molar-refractivity contribution in [2.45, 2.75) is 24.8 Å². The van der Waals surface area contributed by atoms with E-state index in [9.17, 15) is 13.2 Å². The zero-order chi connectivity index (χ0) is 24.1. The standard InChI is InChI=1S/C26H29N3O4S/c1-19-11-12-20(2)24(17-19)28-26(30)25(21-7-4-3-5-8-21)27-22-9-6-10-23(18-22)34(31,32)29-13-15-33-16-14-29/h3-12,17-18,25,27H,13-16H2,1-2H3,(H,28,30). The van der Waals surface area contributed by atoms with Gasteiger partial charge in [0.1, 0.15) is 6.04 Å². The Bertz CT molecular complexity index is 1260. The summed E-state index contributed by atoms with van der Waals surface area (Å²) in [5.41, 5.74) is 4.07. The summed E-state index contributed by atoms with van der Waals surface area (Å²) in [4.78, 5) is 13.6. The van der Waals surface area contributed by atoms with Gasteiger partial charge in [-0.2, -0.15) is 4.31 Å². The second-order valence-corrected chi connectivity index (χ2v) is 10.3. The molecule has 1 aliphatic rings. The van der Waals surface area contributed by atoms with Crippen LogP contribution in [-0.4, -0.2) is 44.9 Å². The summed E-state index contributed by atoms with van der Waals surface area (Å²) in [5.74, 6) is -0.235. The Morgan fingerprint density at radius 2 is 1.68 bits per heavy atom. The molecule has 34 heavy (non-hydrogen) atoms. The lowest BCUT2D eigenvalue weighted by Crippen LogP contribution is -2.40.